The van der Waals surface area contributed by atoms with E-state index >= 15 is 0 Å². The van der Waals surface area contributed by atoms with Gasteiger partial charge in [-0.15, -0.1) is 0 Å². The number of fused-ring (bicyclic) bond motifs is 1. The van der Waals surface area contributed by atoms with Crippen LogP contribution in [0.5, 0.6) is 0 Å². The minimum absolute atomic E-state index is 0.254. The molecule has 0 aliphatic rings. The van der Waals surface area contributed by atoms with Crippen LogP contribution in [0.15, 0.2) is 54.7 Å². The summed E-state index contributed by atoms with van der Waals surface area (Å²) in [5.41, 5.74) is 1.75. The Hall–Kier alpha value is -2.86. The number of nitrogens with one attached hydrogen (secondary N) is 2. The first-order valence-corrected chi connectivity index (χ1v) is 8.31. The number of rotatable bonds is 5. The Labute approximate surface area is 150 Å². The van der Waals surface area contributed by atoms with Crippen molar-refractivity contribution >= 4 is 22.5 Å². The van der Waals surface area contributed by atoms with E-state index in [2.05, 4.69) is 15.6 Å². The van der Waals surface area contributed by atoms with Gasteiger partial charge in [0.2, 0.25) is 5.91 Å². The SMILES string of the molecule is C[C@H](N[C@H](C)c1ccc(F)cc1F)C(=O)Nc1cccc2ncccc12. The van der Waals surface area contributed by atoms with Crippen LogP contribution in [0, 0.1) is 11.6 Å². The monoisotopic (exact) mass is 355 g/mol. The van der Waals surface area contributed by atoms with Gasteiger partial charge in [0.1, 0.15) is 11.6 Å². The Morgan fingerprint density at radius 3 is 2.65 bits per heavy atom. The first-order chi connectivity index (χ1) is 12.5. The van der Waals surface area contributed by atoms with E-state index in [1.54, 1.807) is 32.2 Å². The van der Waals surface area contributed by atoms with E-state index in [9.17, 15) is 13.6 Å². The molecule has 0 aliphatic heterocycles. The first kappa shape index (κ1) is 17.9. The number of halogens is 2. The van der Waals surface area contributed by atoms with Crippen LogP contribution < -0.4 is 10.6 Å². The first-order valence-electron chi connectivity index (χ1n) is 8.31. The highest BCUT2D eigenvalue weighted by Crippen LogP contribution is 2.22. The molecular formula is C20H19F2N3O. The zero-order valence-electron chi connectivity index (χ0n) is 14.5. The molecule has 1 aromatic heterocycles. The van der Waals surface area contributed by atoms with Crippen molar-refractivity contribution in [2.75, 3.05) is 5.32 Å². The number of amides is 1. The molecule has 26 heavy (non-hydrogen) atoms. The van der Waals surface area contributed by atoms with Crippen molar-refractivity contribution in [1.29, 1.82) is 0 Å². The van der Waals surface area contributed by atoms with Crippen LogP contribution in [0.25, 0.3) is 10.9 Å². The third kappa shape index (κ3) is 3.86. The molecule has 3 rings (SSSR count). The number of aromatic nitrogens is 1. The average Bonchev–Trinajstić information content (AvgIpc) is 2.61. The van der Waals surface area contributed by atoms with Gasteiger partial charge in [0.25, 0.3) is 0 Å². The number of benzene rings is 2. The molecule has 3 aromatic rings. The van der Waals surface area contributed by atoms with Gasteiger partial charge < -0.3 is 5.32 Å². The van der Waals surface area contributed by atoms with E-state index in [-0.39, 0.29) is 5.91 Å². The molecule has 0 bridgehead atoms. The lowest BCUT2D eigenvalue weighted by atomic mass is 10.1. The van der Waals surface area contributed by atoms with Crippen LogP contribution in [-0.2, 0) is 4.79 Å². The van der Waals surface area contributed by atoms with Gasteiger partial charge in [-0.3, -0.25) is 15.1 Å². The van der Waals surface area contributed by atoms with Crippen molar-refractivity contribution in [2.24, 2.45) is 0 Å². The van der Waals surface area contributed by atoms with Crippen molar-refractivity contribution in [3.8, 4) is 0 Å². The third-order valence-corrected chi connectivity index (χ3v) is 4.23. The van der Waals surface area contributed by atoms with Gasteiger partial charge in [0.15, 0.2) is 0 Å². The van der Waals surface area contributed by atoms with Gasteiger partial charge >= 0.3 is 0 Å². The normalized spacial score (nSPS) is 13.4. The molecular weight excluding hydrogens is 336 g/mol. The lowest BCUT2D eigenvalue weighted by Crippen LogP contribution is -2.39. The van der Waals surface area contributed by atoms with Gasteiger partial charge in [-0.25, -0.2) is 8.78 Å². The number of carbonyl (C=O) groups excluding carboxylic acids is 1. The van der Waals surface area contributed by atoms with E-state index in [1.165, 1.54) is 12.1 Å². The second-order valence-electron chi connectivity index (χ2n) is 6.14. The fourth-order valence-electron chi connectivity index (χ4n) is 2.85. The molecule has 0 radical (unpaired) electrons. The van der Waals surface area contributed by atoms with Crippen LogP contribution in [-0.4, -0.2) is 16.9 Å². The molecule has 1 amide bonds. The highest BCUT2D eigenvalue weighted by molar-refractivity contribution is 6.02. The van der Waals surface area contributed by atoms with Crippen molar-refractivity contribution in [3.05, 3.63) is 71.9 Å². The maximum absolute atomic E-state index is 13.9. The fourth-order valence-corrected chi connectivity index (χ4v) is 2.85. The molecule has 2 atom stereocenters. The summed E-state index contributed by atoms with van der Waals surface area (Å²) in [6.07, 6.45) is 1.69. The van der Waals surface area contributed by atoms with Crippen LogP contribution >= 0.6 is 0 Å². The molecule has 2 aromatic carbocycles. The third-order valence-electron chi connectivity index (χ3n) is 4.23. The molecule has 0 fully saturated rings. The summed E-state index contributed by atoms with van der Waals surface area (Å²) in [6, 6.07) is 11.6. The zero-order chi connectivity index (χ0) is 18.7. The minimum atomic E-state index is -0.641. The van der Waals surface area contributed by atoms with E-state index in [1.807, 2.05) is 18.2 Å². The molecule has 0 spiro atoms. The summed E-state index contributed by atoms with van der Waals surface area (Å²) in [5.74, 6) is -1.53. The maximum Gasteiger partial charge on any atom is 0.241 e. The number of anilines is 1. The smallest absolute Gasteiger partial charge is 0.241 e. The number of pyridine rings is 1. The molecule has 134 valence electrons. The van der Waals surface area contributed by atoms with Gasteiger partial charge in [0.05, 0.1) is 17.2 Å². The molecule has 1 heterocycles. The van der Waals surface area contributed by atoms with Gasteiger partial charge in [-0.05, 0) is 44.2 Å². The molecule has 0 saturated heterocycles. The van der Waals surface area contributed by atoms with Gasteiger partial charge in [-0.1, -0.05) is 12.1 Å². The van der Waals surface area contributed by atoms with Crippen molar-refractivity contribution in [1.82, 2.24) is 10.3 Å². The van der Waals surface area contributed by atoms with Gasteiger partial charge in [0, 0.05) is 29.3 Å². The summed E-state index contributed by atoms with van der Waals surface area (Å²) in [4.78, 5) is 16.8. The fraction of sp³-hybridized carbons (Fsp3) is 0.200. The van der Waals surface area contributed by atoms with Crippen LogP contribution in [0.4, 0.5) is 14.5 Å². The second kappa shape index (κ2) is 7.58. The predicted molar refractivity (Wildman–Crippen MR) is 97.7 cm³/mol. The van der Waals surface area contributed by atoms with E-state index in [0.717, 1.165) is 17.0 Å². The highest BCUT2D eigenvalue weighted by Gasteiger charge is 2.19. The Balaban J connectivity index is 1.71. The predicted octanol–water partition coefficient (Wildman–Crippen LogP) is 4.19. The highest BCUT2D eigenvalue weighted by atomic mass is 19.1. The average molecular weight is 355 g/mol. The number of carbonyl (C=O) groups is 1. The van der Waals surface area contributed by atoms with Crippen molar-refractivity contribution in [2.45, 2.75) is 25.9 Å². The Morgan fingerprint density at radius 2 is 1.88 bits per heavy atom. The summed E-state index contributed by atoms with van der Waals surface area (Å²) < 4.78 is 26.9. The van der Waals surface area contributed by atoms with Crippen LogP contribution in [0.2, 0.25) is 0 Å². The van der Waals surface area contributed by atoms with E-state index in [0.29, 0.717) is 11.3 Å². The Kier molecular flexibility index (Phi) is 5.23. The van der Waals surface area contributed by atoms with Crippen molar-refractivity contribution in [3.63, 3.8) is 0 Å². The standard InChI is InChI=1S/C20H19F2N3O/c1-12(15-9-8-14(21)11-17(15)22)24-13(2)20(26)25-19-7-3-6-18-16(19)5-4-10-23-18/h3-13,24H,1-2H3,(H,25,26)/t12-,13+/m1/s1. The van der Waals surface area contributed by atoms with Crippen LogP contribution in [0.1, 0.15) is 25.5 Å². The minimum Gasteiger partial charge on any atom is -0.324 e. The molecule has 0 unspecified atom stereocenters. The quantitative estimate of drug-likeness (QED) is 0.721. The second-order valence-corrected chi connectivity index (χ2v) is 6.14. The Bertz CT molecular complexity index is 940. The molecule has 2 N–H and O–H groups in total. The molecule has 0 aliphatic carbocycles. The number of nitrogens with zero attached hydrogens (tertiary/aromatic N) is 1. The molecule has 6 heteroatoms. The zero-order valence-corrected chi connectivity index (χ0v) is 14.5. The summed E-state index contributed by atoms with van der Waals surface area (Å²) in [5, 5.41) is 6.75. The lowest BCUT2D eigenvalue weighted by Gasteiger charge is -2.21. The topological polar surface area (TPSA) is 54.0 Å². The lowest BCUT2D eigenvalue weighted by molar-refractivity contribution is -0.117. The van der Waals surface area contributed by atoms with E-state index in [4.69, 9.17) is 0 Å². The number of hydrogen-bond donors (Lipinski definition) is 2. The van der Waals surface area contributed by atoms with Gasteiger partial charge in [-0.2, -0.15) is 0 Å². The maximum atomic E-state index is 13.9. The van der Waals surface area contributed by atoms with E-state index < -0.39 is 23.7 Å². The summed E-state index contributed by atoms with van der Waals surface area (Å²) in [7, 11) is 0. The largest absolute Gasteiger partial charge is 0.324 e. The number of hydrogen-bond acceptors (Lipinski definition) is 3. The molecule has 0 saturated carbocycles. The Morgan fingerprint density at radius 1 is 1.08 bits per heavy atom. The summed E-state index contributed by atoms with van der Waals surface area (Å²) >= 11 is 0. The van der Waals surface area contributed by atoms with Crippen LogP contribution in [0.3, 0.4) is 0 Å². The molecule has 4 nitrogen and oxygen atoms in total. The summed E-state index contributed by atoms with van der Waals surface area (Å²) in [6.45, 7) is 3.42. The van der Waals surface area contributed by atoms with Crippen molar-refractivity contribution < 1.29 is 13.6 Å².